The molecule has 9 nitrogen and oxygen atoms in total. The van der Waals surface area contributed by atoms with Crippen molar-refractivity contribution in [3.63, 3.8) is 0 Å². The Morgan fingerprint density at radius 2 is 1.74 bits per heavy atom. The Hall–Kier alpha value is -3.40. The molecule has 0 fully saturated rings. The summed E-state index contributed by atoms with van der Waals surface area (Å²) in [6, 6.07) is 9.57. The van der Waals surface area contributed by atoms with E-state index in [1.54, 1.807) is 13.8 Å². The van der Waals surface area contributed by atoms with Gasteiger partial charge in [-0.3, -0.25) is 0 Å². The molecule has 0 aliphatic heterocycles. The van der Waals surface area contributed by atoms with Crippen molar-refractivity contribution in [2.24, 2.45) is 10.2 Å². The van der Waals surface area contributed by atoms with E-state index in [-0.39, 0.29) is 28.0 Å². The Labute approximate surface area is 155 Å². The first-order chi connectivity index (χ1) is 12.8. The predicted octanol–water partition coefficient (Wildman–Crippen LogP) is 3.92. The number of aromatic hydroxyl groups is 2. The van der Waals surface area contributed by atoms with E-state index in [0.29, 0.717) is 16.9 Å². The van der Waals surface area contributed by atoms with Crippen LogP contribution in [0, 0.1) is 13.8 Å². The number of sulfonamides is 1. The van der Waals surface area contributed by atoms with Gasteiger partial charge >= 0.3 is 0 Å². The molecule has 3 N–H and O–H groups in total. The highest BCUT2D eigenvalue weighted by molar-refractivity contribution is 7.92. The van der Waals surface area contributed by atoms with Crippen LogP contribution < -0.4 is 4.72 Å². The number of aromatic nitrogens is 1. The Morgan fingerprint density at radius 1 is 1.04 bits per heavy atom. The lowest BCUT2D eigenvalue weighted by Gasteiger charge is -2.05. The Kier molecular flexibility index (Phi) is 4.82. The molecule has 1 heterocycles. The van der Waals surface area contributed by atoms with E-state index in [4.69, 9.17) is 4.52 Å². The van der Waals surface area contributed by atoms with Crippen molar-refractivity contribution in [3.8, 4) is 11.5 Å². The van der Waals surface area contributed by atoms with Crippen molar-refractivity contribution in [3.05, 3.63) is 53.7 Å². The van der Waals surface area contributed by atoms with Crippen LogP contribution in [0.1, 0.15) is 11.3 Å². The summed E-state index contributed by atoms with van der Waals surface area (Å²) in [7, 11) is -3.84. The van der Waals surface area contributed by atoms with Gasteiger partial charge in [-0.15, -0.1) is 5.11 Å². The first-order valence-corrected chi connectivity index (χ1v) is 9.24. The first kappa shape index (κ1) is 18.4. The summed E-state index contributed by atoms with van der Waals surface area (Å²) in [4.78, 5) is 0.0161. The number of aryl methyl sites for hydroxylation is 1. The van der Waals surface area contributed by atoms with E-state index >= 15 is 0 Å². The van der Waals surface area contributed by atoms with Crippen LogP contribution in [-0.2, 0) is 10.0 Å². The molecule has 0 saturated carbocycles. The number of nitrogens with zero attached hydrogens (tertiary/aromatic N) is 3. The predicted molar refractivity (Wildman–Crippen MR) is 97.2 cm³/mol. The number of anilines is 1. The van der Waals surface area contributed by atoms with E-state index < -0.39 is 10.0 Å². The van der Waals surface area contributed by atoms with Crippen molar-refractivity contribution in [1.29, 1.82) is 0 Å². The molecule has 2 aromatic carbocycles. The van der Waals surface area contributed by atoms with Gasteiger partial charge in [0.2, 0.25) is 5.88 Å². The number of benzene rings is 2. The van der Waals surface area contributed by atoms with Gasteiger partial charge in [-0.1, -0.05) is 5.16 Å². The van der Waals surface area contributed by atoms with Gasteiger partial charge in [0.25, 0.3) is 10.0 Å². The first-order valence-electron chi connectivity index (χ1n) is 7.76. The number of nitrogens with one attached hydrogen (secondary N) is 1. The smallest absolute Gasteiger partial charge is 0.264 e. The number of rotatable bonds is 5. The number of phenolic OH excluding ortho intramolecular Hbond substituents is 2. The van der Waals surface area contributed by atoms with Gasteiger partial charge in [0.15, 0.2) is 0 Å². The number of phenols is 2. The van der Waals surface area contributed by atoms with E-state index in [1.165, 1.54) is 36.4 Å². The second-order valence-corrected chi connectivity index (χ2v) is 7.38. The zero-order chi connectivity index (χ0) is 19.6. The Morgan fingerprint density at radius 3 is 2.33 bits per heavy atom. The number of hydrogen-bond donors (Lipinski definition) is 3. The third-order valence-electron chi connectivity index (χ3n) is 3.76. The van der Waals surface area contributed by atoms with Crippen molar-refractivity contribution in [1.82, 2.24) is 5.16 Å². The lowest BCUT2D eigenvalue weighted by atomic mass is 10.3. The molecule has 1 aromatic heterocycles. The van der Waals surface area contributed by atoms with Gasteiger partial charge in [-0.05, 0) is 50.2 Å². The normalized spacial score (nSPS) is 11.8. The van der Waals surface area contributed by atoms with Crippen molar-refractivity contribution in [2.45, 2.75) is 18.7 Å². The molecule has 0 amide bonds. The fourth-order valence-electron chi connectivity index (χ4n) is 2.09. The summed E-state index contributed by atoms with van der Waals surface area (Å²) in [5, 5.41) is 30.4. The van der Waals surface area contributed by atoms with Crippen molar-refractivity contribution in [2.75, 3.05) is 4.72 Å². The van der Waals surface area contributed by atoms with Crippen LogP contribution in [0.5, 0.6) is 11.5 Å². The van der Waals surface area contributed by atoms with Crippen LogP contribution in [0.2, 0.25) is 0 Å². The van der Waals surface area contributed by atoms with Gasteiger partial charge in [-0.25, -0.2) is 13.1 Å². The maximum Gasteiger partial charge on any atom is 0.264 e. The fraction of sp³-hybridized carbons (Fsp3) is 0.118. The van der Waals surface area contributed by atoms with Crippen LogP contribution >= 0.6 is 0 Å². The maximum absolute atomic E-state index is 12.4. The lowest BCUT2D eigenvalue weighted by molar-refractivity contribution is 0.430. The molecule has 140 valence electrons. The molecule has 3 aromatic rings. The average Bonchev–Trinajstić information content (AvgIpc) is 2.93. The van der Waals surface area contributed by atoms with E-state index in [1.807, 2.05) is 0 Å². The Bertz CT molecular complexity index is 1100. The average molecular weight is 388 g/mol. The second-order valence-electron chi connectivity index (χ2n) is 5.69. The largest absolute Gasteiger partial charge is 0.508 e. The third-order valence-corrected chi connectivity index (χ3v) is 5.11. The summed E-state index contributed by atoms with van der Waals surface area (Å²) >= 11 is 0. The molecular weight excluding hydrogens is 372 g/mol. The molecule has 0 saturated heterocycles. The van der Waals surface area contributed by atoms with Gasteiger partial charge in [0.1, 0.15) is 17.2 Å². The molecule has 27 heavy (non-hydrogen) atoms. The summed E-state index contributed by atoms with van der Waals surface area (Å²) in [6.07, 6.45) is 0. The molecule has 0 atom stereocenters. The lowest BCUT2D eigenvalue weighted by Crippen LogP contribution is -2.12. The summed E-state index contributed by atoms with van der Waals surface area (Å²) < 4.78 is 32.2. The van der Waals surface area contributed by atoms with Gasteiger partial charge in [0.05, 0.1) is 16.3 Å². The summed E-state index contributed by atoms with van der Waals surface area (Å²) in [5.74, 6) is -0.246. The minimum absolute atomic E-state index is 0.0161. The van der Waals surface area contributed by atoms with Crippen LogP contribution in [0.4, 0.5) is 17.3 Å². The quantitative estimate of drug-likeness (QED) is 0.566. The second kappa shape index (κ2) is 7.08. The number of hydrogen-bond acceptors (Lipinski definition) is 8. The zero-order valence-corrected chi connectivity index (χ0v) is 15.2. The highest BCUT2D eigenvalue weighted by atomic mass is 32.2. The summed E-state index contributed by atoms with van der Waals surface area (Å²) in [5.41, 5.74) is 1.76. The molecule has 0 unspecified atom stereocenters. The molecule has 10 heteroatoms. The minimum atomic E-state index is -3.84. The van der Waals surface area contributed by atoms with Gasteiger partial charge in [0, 0.05) is 11.6 Å². The van der Waals surface area contributed by atoms with E-state index in [9.17, 15) is 18.6 Å². The SMILES string of the molecule is Cc1noc(NS(=O)(=O)c2ccc(N=Nc3ccc(O)cc3O)cc2)c1C. The van der Waals surface area contributed by atoms with Crippen LogP contribution in [0.3, 0.4) is 0 Å². The molecule has 0 aliphatic carbocycles. The van der Waals surface area contributed by atoms with Crippen molar-refractivity contribution >= 4 is 27.3 Å². The molecule has 3 rings (SSSR count). The monoisotopic (exact) mass is 388 g/mol. The minimum Gasteiger partial charge on any atom is -0.508 e. The van der Waals surface area contributed by atoms with Crippen LogP contribution in [-0.4, -0.2) is 23.8 Å². The molecular formula is C17H16N4O5S. The van der Waals surface area contributed by atoms with Crippen molar-refractivity contribution < 1.29 is 23.2 Å². The third kappa shape index (κ3) is 4.06. The molecule has 0 spiro atoms. The van der Waals surface area contributed by atoms with Crippen LogP contribution in [0.15, 0.2) is 62.1 Å². The molecule has 0 bridgehead atoms. The standard InChI is InChI=1S/C17H16N4O5S/c1-10-11(2)20-26-17(10)21-27(24,25)14-6-3-12(4-7-14)18-19-15-8-5-13(22)9-16(15)23/h3-9,21-23H,1-2H3. The molecule has 0 radical (unpaired) electrons. The highest BCUT2D eigenvalue weighted by Crippen LogP contribution is 2.31. The fourth-order valence-corrected chi connectivity index (χ4v) is 3.14. The summed E-state index contributed by atoms with van der Waals surface area (Å²) in [6.45, 7) is 3.41. The topological polar surface area (TPSA) is 137 Å². The van der Waals surface area contributed by atoms with Gasteiger partial charge in [-0.2, -0.15) is 5.11 Å². The maximum atomic E-state index is 12.4. The number of azo groups is 1. The van der Waals surface area contributed by atoms with E-state index in [0.717, 1.165) is 6.07 Å². The van der Waals surface area contributed by atoms with E-state index in [2.05, 4.69) is 20.1 Å². The Balaban J connectivity index is 1.78. The highest BCUT2D eigenvalue weighted by Gasteiger charge is 2.19. The molecule has 0 aliphatic rings. The van der Waals surface area contributed by atoms with Gasteiger partial charge < -0.3 is 14.7 Å². The zero-order valence-electron chi connectivity index (χ0n) is 14.4. The van der Waals surface area contributed by atoms with Crippen LogP contribution in [0.25, 0.3) is 0 Å².